The molecule has 0 amide bonds. The quantitative estimate of drug-likeness (QED) is 0.635. The summed E-state index contributed by atoms with van der Waals surface area (Å²) in [4.78, 5) is 0. The number of aryl methyl sites for hydroxylation is 1. The molecule has 0 atom stereocenters. The third-order valence-corrected chi connectivity index (χ3v) is 3.44. The molecule has 2 aromatic carbocycles. The number of benzene rings is 2. The summed E-state index contributed by atoms with van der Waals surface area (Å²) in [6.07, 6.45) is 1.68. The van der Waals surface area contributed by atoms with Crippen molar-refractivity contribution >= 4 is 0 Å². The van der Waals surface area contributed by atoms with Crippen molar-refractivity contribution in [1.82, 2.24) is 0 Å². The minimum Gasteiger partial charge on any atom is -0.464 e. The van der Waals surface area contributed by atoms with Crippen molar-refractivity contribution in [1.29, 1.82) is 0 Å². The van der Waals surface area contributed by atoms with Crippen LogP contribution in [0.25, 0.3) is 11.3 Å². The Balaban J connectivity index is 1.83. The van der Waals surface area contributed by atoms with Crippen LogP contribution in [0.4, 0.5) is 0 Å². The van der Waals surface area contributed by atoms with Gasteiger partial charge in [-0.05, 0) is 67.4 Å². The first-order chi connectivity index (χ1) is 9.74. The highest BCUT2D eigenvalue weighted by molar-refractivity contribution is 5.58. The highest BCUT2D eigenvalue weighted by Crippen LogP contribution is 2.28. The van der Waals surface area contributed by atoms with Crippen molar-refractivity contribution in [3.8, 4) is 22.8 Å². The van der Waals surface area contributed by atoms with E-state index in [0.717, 1.165) is 22.8 Å². The highest BCUT2D eigenvalue weighted by Gasteiger charge is 2.04. The number of ether oxygens (including phenoxy) is 1. The normalized spacial score (nSPS) is 10.5. The van der Waals surface area contributed by atoms with Crippen LogP contribution in [-0.2, 0) is 0 Å². The molecular formula is C18H16O2. The third kappa shape index (κ3) is 2.45. The summed E-state index contributed by atoms with van der Waals surface area (Å²) in [6.45, 7) is 4.16. The summed E-state index contributed by atoms with van der Waals surface area (Å²) in [5.74, 6) is 2.59. The van der Waals surface area contributed by atoms with Gasteiger partial charge in [-0.3, -0.25) is 0 Å². The summed E-state index contributed by atoms with van der Waals surface area (Å²) >= 11 is 0. The Morgan fingerprint density at radius 2 is 1.65 bits per heavy atom. The zero-order valence-electron chi connectivity index (χ0n) is 11.6. The van der Waals surface area contributed by atoms with Crippen LogP contribution in [0.1, 0.15) is 11.1 Å². The molecule has 0 bridgehead atoms. The minimum absolute atomic E-state index is 0.828. The first-order valence-electron chi connectivity index (χ1n) is 6.62. The molecule has 0 saturated carbocycles. The summed E-state index contributed by atoms with van der Waals surface area (Å²) in [5.41, 5.74) is 3.45. The second-order valence-electron chi connectivity index (χ2n) is 4.80. The van der Waals surface area contributed by atoms with Gasteiger partial charge in [0.2, 0.25) is 0 Å². The van der Waals surface area contributed by atoms with Gasteiger partial charge >= 0.3 is 0 Å². The van der Waals surface area contributed by atoms with Crippen LogP contribution in [0.5, 0.6) is 11.5 Å². The molecule has 3 aromatic rings. The minimum atomic E-state index is 0.828. The fourth-order valence-electron chi connectivity index (χ4n) is 2.09. The van der Waals surface area contributed by atoms with Crippen LogP contribution in [0, 0.1) is 13.8 Å². The molecule has 0 saturated heterocycles. The van der Waals surface area contributed by atoms with Crippen LogP contribution in [0.2, 0.25) is 0 Å². The molecule has 1 heterocycles. The standard InChI is InChI=1S/C18H16O2/c1-13-5-3-6-17(14(13)2)20-16-10-8-15(9-11-16)18-7-4-12-19-18/h3-12H,1-2H3. The lowest BCUT2D eigenvalue weighted by molar-refractivity contribution is 0.478. The van der Waals surface area contributed by atoms with E-state index in [2.05, 4.69) is 19.9 Å². The molecule has 2 heteroatoms. The molecule has 0 N–H and O–H groups in total. The first kappa shape index (κ1) is 12.5. The Hall–Kier alpha value is -2.48. The molecule has 0 aliphatic rings. The zero-order chi connectivity index (χ0) is 13.9. The molecule has 0 aliphatic carbocycles. The molecule has 3 rings (SSSR count). The molecule has 100 valence electrons. The molecule has 0 unspecified atom stereocenters. The number of furan rings is 1. The summed E-state index contributed by atoms with van der Waals surface area (Å²) in [7, 11) is 0. The van der Waals surface area contributed by atoms with Gasteiger partial charge in [-0.2, -0.15) is 0 Å². The van der Waals surface area contributed by atoms with Gasteiger partial charge in [0.15, 0.2) is 0 Å². The van der Waals surface area contributed by atoms with Crippen molar-refractivity contribution < 1.29 is 9.15 Å². The predicted molar refractivity (Wildman–Crippen MR) is 80.1 cm³/mol. The maximum Gasteiger partial charge on any atom is 0.133 e. The van der Waals surface area contributed by atoms with Crippen LogP contribution < -0.4 is 4.74 Å². The van der Waals surface area contributed by atoms with E-state index in [-0.39, 0.29) is 0 Å². The largest absolute Gasteiger partial charge is 0.464 e. The number of hydrogen-bond acceptors (Lipinski definition) is 2. The Bertz CT molecular complexity index is 695. The van der Waals surface area contributed by atoms with Gasteiger partial charge in [0.05, 0.1) is 6.26 Å². The second-order valence-corrected chi connectivity index (χ2v) is 4.80. The average molecular weight is 264 g/mol. The fourth-order valence-corrected chi connectivity index (χ4v) is 2.09. The molecule has 0 aliphatic heterocycles. The van der Waals surface area contributed by atoms with Gasteiger partial charge in [-0.25, -0.2) is 0 Å². The molecule has 2 nitrogen and oxygen atoms in total. The Labute approximate surface area is 118 Å². The molecule has 0 fully saturated rings. The maximum absolute atomic E-state index is 5.93. The monoisotopic (exact) mass is 264 g/mol. The topological polar surface area (TPSA) is 22.4 Å². The number of rotatable bonds is 3. The average Bonchev–Trinajstić information content (AvgIpc) is 2.99. The fraction of sp³-hybridized carbons (Fsp3) is 0.111. The zero-order valence-corrected chi connectivity index (χ0v) is 11.6. The van der Waals surface area contributed by atoms with E-state index in [4.69, 9.17) is 9.15 Å². The van der Waals surface area contributed by atoms with Crippen molar-refractivity contribution in [2.45, 2.75) is 13.8 Å². The lowest BCUT2D eigenvalue weighted by Crippen LogP contribution is -1.89. The van der Waals surface area contributed by atoms with Crippen LogP contribution >= 0.6 is 0 Å². The summed E-state index contributed by atoms with van der Waals surface area (Å²) in [5, 5.41) is 0. The smallest absolute Gasteiger partial charge is 0.133 e. The third-order valence-electron chi connectivity index (χ3n) is 3.44. The van der Waals surface area contributed by atoms with Crippen molar-refractivity contribution in [3.63, 3.8) is 0 Å². The van der Waals surface area contributed by atoms with Gasteiger partial charge in [-0.1, -0.05) is 12.1 Å². The molecular weight excluding hydrogens is 248 g/mol. The predicted octanol–water partition coefficient (Wildman–Crippen LogP) is 5.36. The molecule has 0 radical (unpaired) electrons. The summed E-state index contributed by atoms with van der Waals surface area (Å²) < 4.78 is 11.3. The number of hydrogen-bond donors (Lipinski definition) is 0. The van der Waals surface area contributed by atoms with E-state index in [1.54, 1.807) is 6.26 Å². The maximum atomic E-state index is 5.93. The SMILES string of the molecule is Cc1cccc(Oc2ccc(-c3ccco3)cc2)c1C. The Kier molecular flexibility index (Phi) is 3.30. The van der Waals surface area contributed by atoms with E-state index >= 15 is 0 Å². The lowest BCUT2D eigenvalue weighted by atomic mass is 10.1. The van der Waals surface area contributed by atoms with E-state index < -0.39 is 0 Å². The van der Waals surface area contributed by atoms with Crippen LogP contribution in [0.3, 0.4) is 0 Å². The van der Waals surface area contributed by atoms with Crippen LogP contribution in [0.15, 0.2) is 65.3 Å². The van der Waals surface area contributed by atoms with Gasteiger partial charge in [0.1, 0.15) is 17.3 Å². The Morgan fingerprint density at radius 1 is 0.850 bits per heavy atom. The van der Waals surface area contributed by atoms with Gasteiger partial charge in [0.25, 0.3) is 0 Å². The van der Waals surface area contributed by atoms with E-state index in [1.165, 1.54) is 11.1 Å². The molecule has 1 aromatic heterocycles. The first-order valence-corrected chi connectivity index (χ1v) is 6.62. The van der Waals surface area contributed by atoms with Crippen LogP contribution in [-0.4, -0.2) is 0 Å². The molecule has 0 spiro atoms. The van der Waals surface area contributed by atoms with Gasteiger partial charge in [0, 0.05) is 5.56 Å². The lowest BCUT2D eigenvalue weighted by Gasteiger charge is -2.10. The van der Waals surface area contributed by atoms with Crippen molar-refractivity contribution in [3.05, 3.63) is 72.0 Å². The second kappa shape index (κ2) is 5.25. The van der Waals surface area contributed by atoms with E-state index in [0.29, 0.717) is 0 Å². The van der Waals surface area contributed by atoms with Crippen molar-refractivity contribution in [2.75, 3.05) is 0 Å². The Morgan fingerprint density at radius 3 is 2.35 bits per heavy atom. The van der Waals surface area contributed by atoms with Gasteiger partial charge in [-0.15, -0.1) is 0 Å². The van der Waals surface area contributed by atoms with Gasteiger partial charge < -0.3 is 9.15 Å². The summed E-state index contributed by atoms with van der Waals surface area (Å²) in [6, 6.07) is 17.8. The molecule has 20 heavy (non-hydrogen) atoms. The van der Waals surface area contributed by atoms with E-state index in [9.17, 15) is 0 Å². The highest BCUT2D eigenvalue weighted by atomic mass is 16.5. The van der Waals surface area contributed by atoms with E-state index in [1.807, 2.05) is 48.5 Å². The van der Waals surface area contributed by atoms with Crippen molar-refractivity contribution in [2.24, 2.45) is 0 Å².